The highest BCUT2D eigenvalue weighted by Crippen LogP contribution is 1.78. The smallest absolute Gasteiger partial charge is 0.0967 e. The van der Waals surface area contributed by atoms with Crippen LogP contribution in [-0.4, -0.2) is 5.34 Å². The fourth-order valence-corrected chi connectivity index (χ4v) is 0. The third-order valence-electron chi connectivity index (χ3n) is 0. The Bertz CT molecular complexity index is 6.85. The summed E-state index contributed by atoms with van der Waals surface area (Å²) in [6.45, 7) is 0. The van der Waals surface area contributed by atoms with E-state index in [0.29, 0.717) is 0 Å². The van der Waals surface area contributed by atoms with Gasteiger partial charge in [0.1, 0.15) is 0 Å². The van der Waals surface area contributed by atoms with Crippen molar-refractivity contribution in [2.24, 2.45) is 0 Å². The maximum Gasteiger partial charge on any atom is 0.0967 e. The number of halogens is 3. The van der Waals surface area contributed by atoms with E-state index in [9.17, 15) is 0 Å². The molecule has 0 saturated carbocycles. The minimum Gasteiger partial charge on any atom is -0.109 e. The quantitative estimate of drug-likeness (QED) is 0.370. The molecule has 0 aromatic heterocycles. The van der Waals surface area contributed by atoms with Crippen molar-refractivity contribution in [3.05, 3.63) is 0 Å². The first-order valence-electron chi connectivity index (χ1n) is 0.753. The summed E-state index contributed by atoms with van der Waals surface area (Å²) < 4.78 is 0. The zero-order valence-corrected chi connectivity index (χ0v) is 5.84. The normalized spacial score (nSPS) is 4.80. The van der Waals surface area contributed by atoms with Crippen LogP contribution in [0.3, 0.4) is 0 Å². The van der Waals surface area contributed by atoms with Crippen molar-refractivity contribution >= 4 is 43.0 Å². The molecule has 0 spiro atoms. The van der Waals surface area contributed by atoms with Crippen molar-refractivity contribution in [3.63, 3.8) is 0 Å². The molecule has 0 aromatic carbocycles. The van der Waals surface area contributed by atoms with Gasteiger partial charge in [-0.1, -0.05) is 0 Å². The Morgan fingerprint density at radius 2 is 1.20 bits per heavy atom. The van der Waals surface area contributed by atoms with Crippen LogP contribution in [0, 0.1) is 0 Å². The van der Waals surface area contributed by atoms with Crippen LogP contribution in [0.5, 0.6) is 0 Å². The van der Waals surface area contributed by atoms with Gasteiger partial charge >= 0.3 is 0 Å². The van der Waals surface area contributed by atoms with Crippen molar-refractivity contribution in [1.82, 2.24) is 0 Å². The van der Waals surface area contributed by atoms with Gasteiger partial charge in [0.15, 0.2) is 0 Å². The average molecular weight is 153 g/mol. The Morgan fingerprint density at radius 1 is 1.20 bits per heavy atom. The van der Waals surface area contributed by atoms with Gasteiger partial charge in [-0.25, -0.2) is 0 Å². The minimum absolute atomic E-state index is 0.194. The van der Waals surface area contributed by atoms with Crippen LogP contribution >= 0.6 is 43.0 Å². The summed E-state index contributed by atoms with van der Waals surface area (Å²) in [6.07, 6.45) is 0. The van der Waals surface area contributed by atoms with Crippen molar-refractivity contribution in [2.45, 2.75) is 0 Å². The van der Waals surface area contributed by atoms with E-state index in [1.807, 2.05) is 8.59 Å². The summed E-state index contributed by atoms with van der Waals surface area (Å²) in [5.74, 6) is 0. The maximum absolute atomic E-state index is 4.76. The molecule has 0 radical (unpaired) electrons. The minimum atomic E-state index is 0.194. The number of alkyl halides is 2. The molecule has 0 saturated heterocycles. The summed E-state index contributed by atoms with van der Waals surface area (Å²) in [5, 5.41) is 0.194. The lowest BCUT2D eigenvalue weighted by Gasteiger charge is -1.42. The maximum atomic E-state index is 4.76. The molecule has 4 heteroatoms. The highest BCUT2D eigenvalue weighted by atomic mass is 35.7. The molecule has 0 rings (SSSR count). The molecule has 0 N–H and O–H groups in total. The van der Waals surface area contributed by atoms with Gasteiger partial charge < -0.3 is 0 Å². The first-order chi connectivity index (χ1) is 2.41. The van der Waals surface area contributed by atoms with Gasteiger partial charge in [-0.15, -0.1) is 34.4 Å². The zero-order valence-electron chi connectivity index (χ0n) is 2.42. The third kappa shape index (κ3) is 34.2. The van der Waals surface area contributed by atoms with Gasteiger partial charge in [0.05, 0.1) is 5.34 Å². The topological polar surface area (TPSA) is 0 Å². The molecule has 0 aliphatic heterocycles. The fourth-order valence-electron chi connectivity index (χ4n) is 0. The van der Waals surface area contributed by atoms with Crippen LogP contribution < -0.4 is 0 Å². The van der Waals surface area contributed by atoms with Crippen molar-refractivity contribution in [3.8, 4) is 0 Å². The number of hydrogen-bond donors (Lipinski definition) is 0. The Kier molecular flexibility index (Phi) is 35.5. The van der Waals surface area contributed by atoms with E-state index in [0.717, 1.165) is 0 Å². The van der Waals surface area contributed by atoms with Crippen LogP contribution in [0.4, 0.5) is 0 Å². The largest absolute Gasteiger partial charge is 0.109 e. The zero-order chi connectivity index (χ0) is 4.71. The molecule has 0 aliphatic rings. The molecule has 0 amide bonds. The van der Waals surface area contributed by atoms with Crippen molar-refractivity contribution in [1.29, 1.82) is 0 Å². The molecule has 1 atom stereocenters. The number of hydrogen-bond acceptors (Lipinski definition) is 0. The standard InChI is InChI=1S/CH2Cl2.ClH2P/c2-1-3;1-2/h1H2;2H2. The summed E-state index contributed by atoms with van der Waals surface area (Å²) in [4.78, 5) is 0. The van der Waals surface area contributed by atoms with E-state index in [1.165, 1.54) is 0 Å². The average Bonchev–Trinajstić information content (AvgIpc) is 1.46. The fraction of sp³-hybridized carbons (Fsp3) is 1.00. The summed E-state index contributed by atoms with van der Waals surface area (Å²) >= 11 is 14.1. The molecular weight excluding hydrogens is 149 g/mol. The highest BCUT2D eigenvalue weighted by Gasteiger charge is 1.41. The van der Waals surface area contributed by atoms with E-state index in [2.05, 4.69) is 11.2 Å². The van der Waals surface area contributed by atoms with Gasteiger partial charge in [-0.05, 0) is 8.59 Å². The SMILES string of the molecule is ClCCl.PCl. The summed E-state index contributed by atoms with van der Waals surface area (Å²) in [7, 11) is 1.89. The van der Waals surface area contributed by atoms with Gasteiger partial charge in [-0.2, -0.15) is 0 Å². The molecular formula is CH4Cl3P. The van der Waals surface area contributed by atoms with E-state index in [1.54, 1.807) is 0 Å². The van der Waals surface area contributed by atoms with E-state index < -0.39 is 0 Å². The second-order valence-corrected chi connectivity index (χ2v) is 0.909. The Morgan fingerprint density at radius 3 is 1.20 bits per heavy atom. The number of rotatable bonds is 0. The predicted molar refractivity (Wildman–Crippen MR) is 32.1 cm³/mol. The van der Waals surface area contributed by atoms with Crippen LogP contribution in [-0.2, 0) is 0 Å². The summed E-state index contributed by atoms with van der Waals surface area (Å²) in [5.41, 5.74) is 0. The van der Waals surface area contributed by atoms with Crippen molar-refractivity contribution < 1.29 is 0 Å². The second-order valence-electron chi connectivity index (χ2n) is 0.101. The Balaban J connectivity index is 0. The van der Waals surface area contributed by atoms with Crippen LogP contribution in [0.15, 0.2) is 0 Å². The monoisotopic (exact) mass is 152 g/mol. The predicted octanol–water partition coefficient (Wildman–Crippen LogP) is 2.44. The van der Waals surface area contributed by atoms with Crippen molar-refractivity contribution in [2.75, 3.05) is 5.34 Å². The van der Waals surface area contributed by atoms with Gasteiger partial charge in [0.2, 0.25) is 0 Å². The molecule has 0 aliphatic carbocycles. The van der Waals surface area contributed by atoms with Gasteiger partial charge in [-0.3, -0.25) is 0 Å². The third-order valence-corrected chi connectivity index (χ3v) is 0. The summed E-state index contributed by atoms with van der Waals surface area (Å²) in [6, 6.07) is 0. The molecule has 0 heterocycles. The van der Waals surface area contributed by atoms with E-state index >= 15 is 0 Å². The Hall–Kier alpha value is 1.30. The molecule has 0 nitrogen and oxygen atoms in total. The van der Waals surface area contributed by atoms with E-state index in [4.69, 9.17) is 23.2 Å². The lowest BCUT2D eigenvalue weighted by molar-refractivity contribution is 2.20. The molecule has 0 bridgehead atoms. The first kappa shape index (κ1) is 9.57. The second kappa shape index (κ2) is 18.5. The van der Waals surface area contributed by atoms with Crippen LogP contribution in [0.2, 0.25) is 0 Å². The Labute approximate surface area is 48.8 Å². The molecule has 0 aromatic rings. The van der Waals surface area contributed by atoms with E-state index in [-0.39, 0.29) is 5.34 Å². The van der Waals surface area contributed by atoms with Crippen LogP contribution in [0.1, 0.15) is 0 Å². The molecule has 34 valence electrons. The van der Waals surface area contributed by atoms with Gasteiger partial charge in [0.25, 0.3) is 0 Å². The molecule has 5 heavy (non-hydrogen) atoms. The van der Waals surface area contributed by atoms with Crippen LogP contribution in [0.25, 0.3) is 0 Å². The molecule has 0 fully saturated rings. The lowest BCUT2D eigenvalue weighted by Crippen LogP contribution is -1.24. The van der Waals surface area contributed by atoms with Gasteiger partial charge in [0, 0.05) is 0 Å². The highest BCUT2D eigenvalue weighted by molar-refractivity contribution is 7.52. The molecule has 1 unspecified atom stereocenters. The lowest BCUT2D eigenvalue weighted by atomic mass is 11.9. The first-order valence-corrected chi connectivity index (χ1v) is 3.57.